The molecule has 6 nitrogen and oxygen atoms in total. The average molecular weight is 443 g/mol. The number of halogens is 1. The van der Waals surface area contributed by atoms with Gasteiger partial charge >= 0.3 is 0 Å². The van der Waals surface area contributed by atoms with Gasteiger partial charge in [-0.2, -0.15) is 0 Å². The fourth-order valence-corrected chi connectivity index (χ4v) is 4.05. The number of pyridine rings is 1. The van der Waals surface area contributed by atoms with Crippen molar-refractivity contribution in [1.29, 1.82) is 0 Å². The Balaban J connectivity index is 1.61. The van der Waals surface area contributed by atoms with Crippen molar-refractivity contribution in [3.05, 3.63) is 64.9 Å². The van der Waals surface area contributed by atoms with E-state index in [-0.39, 0.29) is 23.8 Å². The molecule has 166 valence electrons. The molecule has 1 aliphatic heterocycles. The summed E-state index contributed by atoms with van der Waals surface area (Å²) in [4.78, 5) is 34.4. The van der Waals surface area contributed by atoms with Crippen LogP contribution in [-0.4, -0.2) is 58.8 Å². The minimum atomic E-state index is -0.537. The molecule has 2 unspecified atom stereocenters. The SMILES string of the molecule is CC(C)CC(NC(=O)c1ccc(Cl)cc1)C(=O)N1CCN(C(C)c2cccnc2)CC1. The first kappa shape index (κ1) is 23.2. The van der Waals surface area contributed by atoms with Crippen LogP contribution in [0.25, 0.3) is 0 Å². The van der Waals surface area contributed by atoms with Crippen LogP contribution in [0.2, 0.25) is 5.02 Å². The lowest BCUT2D eigenvalue weighted by atomic mass is 10.0. The van der Waals surface area contributed by atoms with E-state index >= 15 is 0 Å². The Labute approximate surface area is 189 Å². The lowest BCUT2D eigenvalue weighted by Gasteiger charge is -2.39. The van der Waals surface area contributed by atoms with Crippen LogP contribution in [0.15, 0.2) is 48.8 Å². The normalized spacial score (nSPS) is 16.7. The summed E-state index contributed by atoms with van der Waals surface area (Å²) in [6.45, 7) is 9.17. The molecule has 2 aromatic rings. The quantitative estimate of drug-likeness (QED) is 0.708. The minimum absolute atomic E-state index is 0.00954. The van der Waals surface area contributed by atoms with Crippen LogP contribution in [0.1, 0.15) is 49.2 Å². The molecular formula is C24H31ClN4O2. The van der Waals surface area contributed by atoms with Gasteiger partial charge in [-0.05, 0) is 55.2 Å². The monoisotopic (exact) mass is 442 g/mol. The Hall–Kier alpha value is -2.44. The van der Waals surface area contributed by atoms with Crippen LogP contribution in [0, 0.1) is 5.92 Å². The Bertz CT molecular complexity index is 865. The average Bonchev–Trinajstić information content (AvgIpc) is 2.78. The zero-order valence-corrected chi connectivity index (χ0v) is 19.2. The highest BCUT2D eigenvalue weighted by Gasteiger charge is 2.30. The van der Waals surface area contributed by atoms with Gasteiger partial charge in [-0.25, -0.2) is 0 Å². The van der Waals surface area contributed by atoms with Crippen molar-refractivity contribution in [2.75, 3.05) is 26.2 Å². The lowest BCUT2D eigenvalue weighted by molar-refractivity contribution is -0.135. The molecular weight excluding hydrogens is 412 g/mol. The number of piperazine rings is 1. The standard InChI is InChI=1S/C24H31ClN4O2/c1-17(2)15-22(27-23(30)19-6-8-21(25)9-7-19)24(31)29-13-11-28(12-14-29)18(3)20-5-4-10-26-16-20/h4-10,16-18,22H,11-15H2,1-3H3,(H,27,30). The summed E-state index contributed by atoms with van der Waals surface area (Å²) in [5.74, 6) is 0.0237. The van der Waals surface area contributed by atoms with Crippen molar-refractivity contribution in [3.63, 3.8) is 0 Å². The molecule has 1 aliphatic rings. The number of nitrogens with one attached hydrogen (secondary N) is 1. The molecule has 7 heteroatoms. The van der Waals surface area contributed by atoms with Gasteiger partial charge in [0.25, 0.3) is 5.91 Å². The van der Waals surface area contributed by atoms with Crippen molar-refractivity contribution in [2.24, 2.45) is 5.92 Å². The van der Waals surface area contributed by atoms with Crippen LogP contribution in [0.3, 0.4) is 0 Å². The smallest absolute Gasteiger partial charge is 0.251 e. The maximum atomic E-state index is 13.3. The summed E-state index contributed by atoms with van der Waals surface area (Å²) >= 11 is 5.92. The molecule has 2 amide bonds. The first-order valence-corrected chi connectivity index (χ1v) is 11.2. The van der Waals surface area contributed by atoms with E-state index in [0.717, 1.165) is 13.1 Å². The van der Waals surface area contributed by atoms with E-state index in [4.69, 9.17) is 11.6 Å². The van der Waals surface area contributed by atoms with Crippen LogP contribution < -0.4 is 5.32 Å². The number of hydrogen-bond donors (Lipinski definition) is 1. The number of nitrogens with zero attached hydrogens (tertiary/aromatic N) is 3. The van der Waals surface area contributed by atoms with Gasteiger partial charge in [0.1, 0.15) is 6.04 Å². The summed E-state index contributed by atoms with van der Waals surface area (Å²) in [5, 5.41) is 3.52. The molecule has 31 heavy (non-hydrogen) atoms. The molecule has 1 N–H and O–H groups in total. The highest BCUT2D eigenvalue weighted by atomic mass is 35.5. The van der Waals surface area contributed by atoms with Crippen molar-refractivity contribution in [3.8, 4) is 0 Å². The predicted molar refractivity (Wildman–Crippen MR) is 123 cm³/mol. The maximum absolute atomic E-state index is 13.3. The van der Waals surface area contributed by atoms with Gasteiger partial charge in [0, 0.05) is 55.2 Å². The fourth-order valence-electron chi connectivity index (χ4n) is 3.92. The Morgan fingerprint density at radius 2 is 1.74 bits per heavy atom. The first-order valence-electron chi connectivity index (χ1n) is 10.8. The highest BCUT2D eigenvalue weighted by Crippen LogP contribution is 2.21. The molecule has 2 atom stereocenters. The van der Waals surface area contributed by atoms with E-state index in [2.05, 4.69) is 42.0 Å². The van der Waals surface area contributed by atoms with Gasteiger partial charge in [0.05, 0.1) is 0 Å². The molecule has 2 heterocycles. The summed E-state index contributed by atoms with van der Waals surface area (Å²) in [6.07, 6.45) is 4.28. The van der Waals surface area contributed by atoms with E-state index < -0.39 is 6.04 Å². The van der Waals surface area contributed by atoms with E-state index in [1.54, 1.807) is 30.5 Å². The van der Waals surface area contributed by atoms with Crippen molar-refractivity contribution >= 4 is 23.4 Å². The van der Waals surface area contributed by atoms with Crippen molar-refractivity contribution in [2.45, 2.75) is 39.3 Å². The molecule has 1 aromatic carbocycles. The number of benzene rings is 1. The highest BCUT2D eigenvalue weighted by molar-refractivity contribution is 6.30. The number of rotatable bonds is 7. The minimum Gasteiger partial charge on any atom is -0.340 e. The second kappa shape index (κ2) is 10.7. The summed E-state index contributed by atoms with van der Waals surface area (Å²) in [5.41, 5.74) is 1.68. The largest absolute Gasteiger partial charge is 0.340 e. The number of carbonyl (C=O) groups excluding carboxylic acids is 2. The molecule has 0 saturated carbocycles. The second-order valence-corrected chi connectivity index (χ2v) is 8.92. The predicted octanol–water partition coefficient (Wildman–Crippen LogP) is 3.78. The third-order valence-corrected chi connectivity index (χ3v) is 6.01. The summed E-state index contributed by atoms with van der Waals surface area (Å²) < 4.78 is 0. The molecule has 1 saturated heterocycles. The van der Waals surface area contributed by atoms with E-state index in [9.17, 15) is 9.59 Å². The molecule has 0 aliphatic carbocycles. The van der Waals surface area contributed by atoms with Crippen molar-refractivity contribution < 1.29 is 9.59 Å². The third kappa shape index (κ3) is 6.28. The Morgan fingerprint density at radius 3 is 2.32 bits per heavy atom. The molecule has 0 bridgehead atoms. The Morgan fingerprint density at radius 1 is 1.06 bits per heavy atom. The fraction of sp³-hybridized carbons (Fsp3) is 0.458. The van der Waals surface area contributed by atoms with Crippen LogP contribution in [-0.2, 0) is 4.79 Å². The first-order chi connectivity index (χ1) is 14.8. The molecule has 0 spiro atoms. The number of hydrogen-bond acceptors (Lipinski definition) is 4. The van der Waals surface area contributed by atoms with Gasteiger partial charge in [-0.1, -0.05) is 31.5 Å². The zero-order valence-electron chi connectivity index (χ0n) is 18.4. The molecule has 1 aromatic heterocycles. The molecule has 0 radical (unpaired) electrons. The van der Waals surface area contributed by atoms with Gasteiger partial charge in [0.2, 0.25) is 5.91 Å². The van der Waals surface area contributed by atoms with Gasteiger partial charge in [-0.15, -0.1) is 0 Å². The van der Waals surface area contributed by atoms with Gasteiger partial charge < -0.3 is 10.2 Å². The zero-order chi connectivity index (χ0) is 22.4. The number of amides is 2. The van der Waals surface area contributed by atoms with Crippen molar-refractivity contribution in [1.82, 2.24) is 20.1 Å². The van der Waals surface area contributed by atoms with E-state index in [0.29, 0.717) is 30.1 Å². The number of carbonyl (C=O) groups is 2. The topological polar surface area (TPSA) is 65.5 Å². The molecule has 1 fully saturated rings. The van der Waals surface area contributed by atoms with E-state index in [1.807, 2.05) is 17.2 Å². The number of aromatic nitrogens is 1. The maximum Gasteiger partial charge on any atom is 0.251 e. The lowest BCUT2D eigenvalue weighted by Crippen LogP contribution is -2.55. The van der Waals surface area contributed by atoms with E-state index in [1.165, 1.54) is 5.56 Å². The van der Waals surface area contributed by atoms with Crippen LogP contribution in [0.4, 0.5) is 0 Å². The Kier molecular flexibility index (Phi) is 8.04. The van der Waals surface area contributed by atoms with Gasteiger partial charge in [0.15, 0.2) is 0 Å². The van der Waals surface area contributed by atoms with Crippen LogP contribution in [0.5, 0.6) is 0 Å². The summed E-state index contributed by atoms with van der Waals surface area (Å²) in [6, 6.07) is 10.5. The molecule has 3 rings (SSSR count). The van der Waals surface area contributed by atoms with Crippen LogP contribution >= 0.6 is 11.6 Å². The third-order valence-electron chi connectivity index (χ3n) is 5.76. The van der Waals surface area contributed by atoms with Gasteiger partial charge in [-0.3, -0.25) is 19.5 Å². The summed E-state index contributed by atoms with van der Waals surface area (Å²) in [7, 11) is 0. The second-order valence-electron chi connectivity index (χ2n) is 8.49.